The number of hydrogen-bond donors (Lipinski definition) is 2. The van der Waals surface area contributed by atoms with Gasteiger partial charge in [-0.05, 0) is 43.6 Å². The molecule has 0 radical (unpaired) electrons. The number of carbonyl (C=O) groups excluding carboxylic acids is 1. The minimum absolute atomic E-state index is 0.144. The molecule has 122 valence electrons. The molecule has 3 N–H and O–H groups in total. The highest BCUT2D eigenvalue weighted by atomic mass is 16.3. The average molecular weight is 314 g/mol. The van der Waals surface area contributed by atoms with E-state index >= 15 is 0 Å². The van der Waals surface area contributed by atoms with Crippen molar-refractivity contribution in [2.75, 3.05) is 0 Å². The number of nitrogens with zero attached hydrogens (tertiary/aromatic N) is 2. The van der Waals surface area contributed by atoms with Crippen LogP contribution in [0.1, 0.15) is 42.7 Å². The smallest absolute Gasteiger partial charge is 0.287 e. The quantitative estimate of drug-likeness (QED) is 0.908. The summed E-state index contributed by atoms with van der Waals surface area (Å²) in [4.78, 5) is 12.6. The van der Waals surface area contributed by atoms with Gasteiger partial charge in [-0.15, -0.1) is 0 Å². The number of furan rings is 1. The molecule has 2 aromatic heterocycles. The minimum Gasteiger partial charge on any atom is -0.459 e. The number of nitrogens with one attached hydrogen (secondary N) is 1. The fourth-order valence-electron chi connectivity index (χ4n) is 3.81. The summed E-state index contributed by atoms with van der Waals surface area (Å²) in [5, 5.41) is 7.27. The van der Waals surface area contributed by atoms with Crippen LogP contribution in [0.2, 0.25) is 0 Å². The molecule has 4 rings (SSSR count). The summed E-state index contributed by atoms with van der Waals surface area (Å²) in [6, 6.07) is 2.40. The van der Waals surface area contributed by atoms with E-state index in [1.54, 1.807) is 17.1 Å². The maximum absolute atomic E-state index is 12.6. The largest absolute Gasteiger partial charge is 0.459 e. The van der Waals surface area contributed by atoms with Gasteiger partial charge in [0.25, 0.3) is 5.91 Å². The fourth-order valence-corrected chi connectivity index (χ4v) is 3.81. The topological polar surface area (TPSA) is 86.1 Å². The van der Waals surface area contributed by atoms with Crippen molar-refractivity contribution in [3.63, 3.8) is 0 Å². The predicted molar refractivity (Wildman–Crippen MR) is 85.7 cm³/mol. The predicted octanol–water partition coefficient (Wildman–Crippen LogP) is 2.07. The third-order valence-electron chi connectivity index (χ3n) is 5.46. The van der Waals surface area contributed by atoms with E-state index in [1.165, 1.54) is 0 Å². The minimum atomic E-state index is -0.144. The van der Waals surface area contributed by atoms with Crippen LogP contribution in [0, 0.1) is 5.41 Å². The Balaban J connectivity index is 1.43. The molecule has 1 amide bonds. The van der Waals surface area contributed by atoms with Crippen molar-refractivity contribution >= 4 is 5.91 Å². The summed E-state index contributed by atoms with van der Waals surface area (Å²) in [6.45, 7) is 0. The Bertz CT molecular complexity index is 725. The van der Waals surface area contributed by atoms with Crippen molar-refractivity contribution in [1.82, 2.24) is 15.1 Å². The molecule has 2 aliphatic rings. The second-order valence-electron chi connectivity index (χ2n) is 6.99. The first-order valence-electron chi connectivity index (χ1n) is 8.20. The number of aromatic nitrogens is 2. The molecular formula is C17H22N4O2. The molecule has 1 unspecified atom stereocenters. The SMILES string of the molecule is Cn1cc(-c2ccoc2C(=O)NC2CCC3(CC2)CC3N)cn1. The highest BCUT2D eigenvalue weighted by molar-refractivity contribution is 5.98. The van der Waals surface area contributed by atoms with Gasteiger partial charge in [-0.25, -0.2) is 0 Å². The van der Waals surface area contributed by atoms with Crippen LogP contribution in [0.5, 0.6) is 0 Å². The van der Waals surface area contributed by atoms with Gasteiger partial charge in [-0.1, -0.05) is 0 Å². The van der Waals surface area contributed by atoms with Crippen LogP contribution in [0.3, 0.4) is 0 Å². The van der Waals surface area contributed by atoms with E-state index in [1.807, 2.05) is 19.3 Å². The summed E-state index contributed by atoms with van der Waals surface area (Å²) >= 11 is 0. The molecule has 0 aliphatic heterocycles. The molecule has 2 aromatic rings. The maximum Gasteiger partial charge on any atom is 0.287 e. The summed E-state index contributed by atoms with van der Waals surface area (Å²) in [6.07, 6.45) is 10.6. The number of aryl methyl sites for hydroxylation is 1. The molecule has 1 atom stereocenters. The van der Waals surface area contributed by atoms with Crippen LogP contribution in [-0.2, 0) is 7.05 Å². The lowest BCUT2D eigenvalue weighted by molar-refractivity contribution is 0.0892. The number of rotatable bonds is 3. The van der Waals surface area contributed by atoms with Gasteiger partial charge in [-0.2, -0.15) is 5.10 Å². The summed E-state index contributed by atoms with van der Waals surface area (Å²) < 4.78 is 7.14. The van der Waals surface area contributed by atoms with Crippen molar-refractivity contribution in [3.8, 4) is 11.1 Å². The molecule has 0 aromatic carbocycles. The molecule has 2 aliphatic carbocycles. The molecule has 2 fully saturated rings. The van der Waals surface area contributed by atoms with Crippen LogP contribution in [0.15, 0.2) is 29.1 Å². The normalized spacial score (nSPS) is 29.7. The zero-order valence-corrected chi connectivity index (χ0v) is 13.3. The van der Waals surface area contributed by atoms with E-state index in [0.717, 1.165) is 43.2 Å². The van der Waals surface area contributed by atoms with E-state index in [4.69, 9.17) is 10.2 Å². The summed E-state index contributed by atoms with van der Waals surface area (Å²) in [5.41, 5.74) is 8.08. The van der Waals surface area contributed by atoms with Crippen molar-refractivity contribution in [3.05, 3.63) is 30.5 Å². The first-order chi connectivity index (χ1) is 11.1. The second-order valence-corrected chi connectivity index (χ2v) is 6.99. The fraction of sp³-hybridized carbons (Fsp3) is 0.529. The standard InChI is InChI=1S/C17H22N4O2/c1-21-10-11(9-19-21)13-4-7-23-15(13)16(22)20-12-2-5-17(6-3-12)8-14(17)18/h4,7,9-10,12,14H,2-3,5-6,8,18H2,1H3,(H,20,22). The molecule has 2 saturated carbocycles. The molecule has 1 spiro atoms. The number of hydrogen-bond acceptors (Lipinski definition) is 4. The van der Waals surface area contributed by atoms with Crippen LogP contribution in [0.25, 0.3) is 11.1 Å². The number of carbonyl (C=O) groups is 1. The van der Waals surface area contributed by atoms with E-state index < -0.39 is 0 Å². The van der Waals surface area contributed by atoms with E-state index in [2.05, 4.69) is 10.4 Å². The zero-order valence-electron chi connectivity index (χ0n) is 13.3. The molecule has 6 heteroatoms. The van der Waals surface area contributed by atoms with Gasteiger partial charge in [0, 0.05) is 36.5 Å². The van der Waals surface area contributed by atoms with Crippen LogP contribution in [0.4, 0.5) is 0 Å². The third kappa shape index (κ3) is 2.57. The van der Waals surface area contributed by atoms with Gasteiger partial charge >= 0.3 is 0 Å². The van der Waals surface area contributed by atoms with Gasteiger partial charge in [-0.3, -0.25) is 9.48 Å². The van der Waals surface area contributed by atoms with Gasteiger partial charge in [0.05, 0.1) is 12.5 Å². The van der Waals surface area contributed by atoms with Gasteiger partial charge in [0.15, 0.2) is 5.76 Å². The summed E-state index contributed by atoms with van der Waals surface area (Å²) in [5.74, 6) is 0.219. The Hall–Kier alpha value is -2.08. The third-order valence-corrected chi connectivity index (χ3v) is 5.46. The second kappa shape index (κ2) is 5.23. The summed E-state index contributed by atoms with van der Waals surface area (Å²) in [7, 11) is 1.85. The lowest BCUT2D eigenvalue weighted by Gasteiger charge is -2.29. The molecule has 0 saturated heterocycles. The molecular weight excluding hydrogens is 292 g/mol. The first-order valence-corrected chi connectivity index (χ1v) is 8.20. The maximum atomic E-state index is 12.6. The first kappa shape index (κ1) is 14.5. The van der Waals surface area contributed by atoms with Gasteiger partial charge in [0.2, 0.25) is 0 Å². The Kier molecular flexibility index (Phi) is 3.30. The zero-order chi connectivity index (χ0) is 16.0. The lowest BCUT2D eigenvalue weighted by atomic mass is 9.83. The number of nitrogens with two attached hydrogens (primary N) is 1. The molecule has 6 nitrogen and oxygen atoms in total. The van der Waals surface area contributed by atoms with Crippen molar-refractivity contribution < 1.29 is 9.21 Å². The Morgan fingerprint density at radius 2 is 2.22 bits per heavy atom. The van der Waals surface area contributed by atoms with E-state index in [-0.39, 0.29) is 11.9 Å². The van der Waals surface area contributed by atoms with Gasteiger partial charge in [0.1, 0.15) is 0 Å². The van der Waals surface area contributed by atoms with E-state index in [0.29, 0.717) is 17.2 Å². The molecule has 0 bridgehead atoms. The van der Waals surface area contributed by atoms with Crippen LogP contribution >= 0.6 is 0 Å². The lowest BCUT2D eigenvalue weighted by Crippen LogP contribution is -2.38. The number of amides is 1. The van der Waals surface area contributed by atoms with Crippen LogP contribution < -0.4 is 11.1 Å². The Morgan fingerprint density at radius 1 is 1.48 bits per heavy atom. The average Bonchev–Trinajstić information content (AvgIpc) is 2.93. The van der Waals surface area contributed by atoms with Crippen molar-refractivity contribution in [2.45, 2.75) is 44.2 Å². The monoisotopic (exact) mass is 314 g/mol. The van der Waals surface area contributed by atoms with Gasteiger partial charge < -0.3 is 15.5 Å². The van der Waals surface area contributed by atoms with Crippen molar-refractivity contribution in [1.29, 1.82) is 0 Å². The molecule has 2 heterocycles. The molecule has 23 heavy (non-hydrogen) atoms. The van der Waals surface area contributed by atoms with Crippen molar-refractivity contribution in [2.24, 2.45) is 18.2 Å². The Labute approximate surface area is 135 Å². The Morgan fingerprint density at radius 3 is 2.83 bits per heavy atom. The van der Waals surface area contributed by atoms with E-state index in [9.17, 15) is 4.79 Å². The highest BCUT2D eigenvalue weighted by Crippen LogP contribution is 2.55. The van der Waals surface area contributed by atoms with Crippen LogP contribution in [-0.4, -0.2) is 27.8 Å². The highest BCUT2D eigenvalue weighted by Gasteiger charge is 2.52.